The number of nitriles is 1. The van der Waals surface area contributed by atoms with Gasteiger partial charge in [0.15, 0.2) is 0 Å². The Balaban J connectivity index is 2.28. The van der Waals surface area contributed by atoms with E-state index in [1.165, 1.54) is 0 Å². The summed E-state index contributed by atoms with van der Waals surface area (Å²) in [6, 6.07) is 13.6. The van der Waals surface area contributed by atoms with Crippen LogP contribution >= 0.6 is 23.2 Å². The molecule has 0 bridgehead atoms. The predicted octanol–water partition coefficient (Wildman–Crippen LogP) is 4.70. The molecule has 112 valence electrons. The number of amides is 1. The van der Waals surface area contributed by atoms with Gasteiger partial charge in [0.1, 0.15) is 0 Å². The lowest BCUT2D eigenvalue weighted by molar-refractivity contribution is 0.0742. The highest BCUT2D eigenvalue weighted by Gasteiger charge is 2.21. The van der Waals surface area contributed by atoms with Crippen LogP contribution in [-0.4, -0.2) is 17.9 Å². The molecule has 5 heteroatoms. The van der Waals surface area contributed by atoms with E-state index in [2.05, 4.69) is 0 Å². The average Bonchev–Trinajstić information content (AvgIpc) is 2.53. The van der Waals surface area contributed by atoms with E-state index in [0.717, 1.165) is 5.56 Å². The topological polar surface area (TPSA) is 44.1 Å². The predicted molar refractivity (Wildman–Crippen MR) is 88.1 cm³/mol. The van der Waals surface area contributed by atoms with Crippen molar-refractivity contribution in [1.29, 1.82) is 5.26 Å². The van der Waals surface area contributed by atoms with Crippen molar-refractivity contribution in [2.45, 2.75) is 13.0 Å². The van der Waals surface area contributed by atoms with Crippen molar-refractivity contribution >= 4 is 29.1 Å². The van der Waals surface area contributed by atoms with Gasteiger partial charge in [0.05, 0.1) is 17.7 Å². The fourth-order valence-electron chi connectivity index (χ4n) is 2.15. The zero-order chi connectivity index (χ0) is 16.3. The van der Waals surface area contributed by atoms with E-state index in [1.807, 2.05) is 19.1 Å². The van der Waals surface area contributed by atoms with E-state index in [-0.39, 0.29) is 11.9 Å². The molecule has 2 aromatic rings. The first-order chi connectivity index (χ1) is 10.4. The Labute approximate surface area is 139 Å². The standard InChI is InChI=1S/C17H14Cl2N2O/c1-11(15-7-6-14(18)9-16(15)19)21(2)17(22)13-5-3-4-12(8-13)10-20/h3-9,11H,1-2H3/t11-/m0/s1. The molecule has 0 saturated heterocycles. The van der Waals surface area contributed by atoms with Gasteiger partial charge in [-0.3, -0.25) is 4.79 Å². The van der Waals surface area contributed by atoms with Crippen molar-refractivity contribution < 1.29 is 4.79 Å². The maximum Gasteiger partial charge on any atom is 0.254 e. The number of halogens is 2. The molecule has 2 rings (SSSR count). The first-order valence-corrected chi connectivity index (χ1v) is 7.42. The Kier molecular flexibility index (Phi) is 5.07. The molecule has 0 radical (unpaired) electrons. The highest BCUT2D eigenvalue weighted by atomic mass is 35.5. The summed E-state index contributed by atoms with van der Waals surface area (Å²) in [6.07, 6.45) is 0. The van der Waals surface area contributed by atoms with E-state index in [0.29, 0.717) is 21.2 Å². The first kappa shape index (κ1) is 16.4. The maximum atomic E-state index is 12.6. The Morgan fingerprint density at radius 2 is 1.95 bits per heavy atom. The van der Waals surface area contributed by atoms with Gasteiger partial charge in [0, 0.05) is 22.7 Å². The van der Waals surface area contributed by atoms with Crippen LogP contribution in [-0.2, 0) is 0 Å². The minimum Gasteiger partial charge on any atom is -0.335 e. The van der Waals surface area contributed by atoms with Crippen molar-refractivity contribution in [3.8, 4) is 6.07 Å². The normalized spacial score (nSPS) is 11.6. The van der Waals surface area contributed by atoms with Crippen LogP contribution in [0.4, 0.5) is 0 Å². The molecular weight excluding hydrogens is 319 g/mol. The second-order valence-electron chi connectivity index (χ2n) is 4.95. The third kappa shape index (κ3) is 3.41. The molecule has 1 amide bonds. The Bertz CT molecular complexity index is 753. The lowest BCUT2D eigenvalue weighted by Crippen LogP contribution is -2.29. The quantitative estimate of drug-likeness (QED) is 0.817. The highest BCUT2D eigenvalue weighted by molar-refractivity contribution is 6.35. The van der Waals surface area contributed by atoms with Crippen LogP contribution in [0.1, 0.15) is 34.5 Å². The lowest BCUT2D eigenvalue weighted by Gasteiger charge is -2.26. The summed E-state index contributed by atoms with van der Waals surface area (Å²) >= 11 is 12.1. The Morgan fingerprint density at radius 3 is 2.59 bits per heavy atom. The summed E-state index contributed by atoms with van der Waals surface area (Å²) in [4.78, 5) is 14.1. The van der Waals surface area contributed by atoms with E-state index >= 15 is 0 Å². The number of nitrogens with zero attached hydrogens (tertiary/aromatic N) is 2. The lowest BCUT2D eigenvalue weighted by atomic mass is 10.1. The molecular formula is C17H14Cl2N2O. The van der Waals surface area contributed by atoms with Crippen LogP contribution in [0.3, 0.4) is 0 Å². The third-order valence-corrected chi connectivity index (χ3v) is 4.11. The van der Waals surface area contributed by atoms with Gasteiger partial charge in [-0.05, 0) is 42.8 Å². The molecule has 0 heterocycles. The number of rotatable bonds is 3. The maximum absolute atomic E-state index is 12.6. The van der Waals surface area contributed by atoms with Gasteiger partial charge in [-0.15, -0.1) is 0 Å². The van der Waals surface area contributed by atoms with Crippen molar-refractivity contribution in [1.82, 2.24) is 4.90 Å². The van der Waals surface area contributed by atoms with Crippen molar-refractivity contribution in [3.63, 3.8) is 0 Å². The van der Waals surface area contributed by atoms with Gasteiger partial charge in [-0.2, -0.15) is 5.26 Å². The molecule has 0 fully saturated rings. The fraction of sp³-hybridized carbons (Fsp3) is 0.176. The van der Waals surface area contributed by atoms with Gasteiger partial charge in [0.2, 0.25) is 0 Å². The Hall–Kier alpha value is -2.02. The summed E-state index contributed by atoms with van der Waals surface area (Å²) < 4.78 is 0. The fourth-order valence-corrected chi connectivity index (χ4v) is 2.72. The monoisotopic (exact) mass is 332 g/mol. The van der Waals surface area contributed by atoms with Crippen molar-refractivity contribution in [2.24, 2.45) is 0 Å². The molecule has 0 spiro atoms. The molecule has 0 aliphatic carbocycles. The molecule has 0 unspecified atom stereocenters. The molecule has 0 saturated carbocycles. The summed E-state index contributed by atoms with van der Waals surface area (Å²) in [5.74, 6) is -0.171. The van der Waals surface area contributed by atoms with Crippen LogP contribution < -0.4 is 0 Å². The Morgan fingerprint density at radius 1 is 1.23 bits per heavy atom. The van der Waals surface area contributed by atoms with E-state index in [1.54, 1.807) is 48.3 Å². The minimum atomic E-state index is -0.219. The van der Waals surface area contributed by atoms with E-state index in [4.69, 9.17) is 28.5 Å². The zero-order valence-corrected chi connectivity index (χ0v) is 13.7. The van der Waals surface area contributed by atoms with Crippen molar-refractivity contribution in [3.05, 3.63) is 69.2 Å². The molecule has 22 heavy (non-hydrogen) atoms. The zero-order valence-electron chi connectivity index (χ0n) is 12.2. The van der Waals surface area contributed by atoms with Crippen LogP contribution in [0.2, 0.25) is 10.0 Å². The van der Waals surface area contributed by atoms with Crippen LogP contribution in [0.15, 0.2) is 42.5 Å². The van der Waals surface area contributed by atoms with Crippen LogP contribution in [0.25, 0.3) is 0 Å². The van der Waals surface area contributed by atoms with Gasteiger partial charge in [-0.25, -0.2) is 0 Å². The molecule has 0 aromatic heterocycles. The number of hydrogen-bond donors (Lipinski definition) is 0. The number of carbonyl (C=O) groups is 1. The van der Waals surface area contributed by atoms with E-state index in [9.17, 15) is 4.79 Å². The van der Waals surface area contributed by atoms with Gasteiger partial charge in [0.25, 0.3) is 5.91 Å². The second kappa shape index (κ2) is 6.83. The van der Waals surface area contributed by atoms with Gasteiger partial charge in [-0.1, -0.05) is 35.3 Å². The van der Waals surface area contributed by atoms with E-state index < -0.39 is 0 Å². The molecule has 0 N–H and O–H groups in total. The molecule has 0 aliphatic rings. The van der Waals surface area contributed by atoms with Crippen LogP contribution in [0, 0.1) is 11.3 Å². The summed E-state index contributed by atoms with van der Waals surface area (Å²) in [6.45, 7) is 1.89. The smallest absolute Gasteiger partial charge is 0.254 e. The molecule has 0 aliphatic heterocycles. The highest BCUT2D eigenvalue weighted by Crippen LogP contribution is 2.29. The minimum absolute atomic E-state index is 0.171. The van der Waals surface area contributed by atoms with Crippen LogP contribution in [0.5, 0.6) is 0 Å². The largest absolute Gasteiger partial charge is 0.335 e. The second-order valence-corrected chi connectivity index (χ2v) is 5.79. The summed E-state index contributed by atoms with van der Waals surface area (Å²) in [5.41, 5.74) is 1.74. The SMILES string of the molecule is C[C@@H](c1ccc(Cl)cc1Cl)N(C)C(=O)c1cccc(C#N)c1. The van der Waals surface area contributed by atoms with Gasteiger partial charge < -0.3 is 4.90 Å². The first-order valence-electron chi connectivity index (χ1n) is 6.66. The summed E-state index contributed by atoms with van der Waals surface area (Å²) in [5, 5.41) is 10.00. The van der Waals surface area contributed by atoms with Crippen molar-refractivity contribution in [2.75, 3.05) is 7.05 Å². The molecule has 3 nitrogen and oxygen atoms in total. The number of hydrogen-bond acceptors (Lipinski definition) is 2. The molecule has 1 atom stereocenters. The third-order valence-electron chi connectivity index (χ3n) is 3.55. The van der Waals surface area contributed by atoms with Gasteiger partial charge >= 0.3 is 0 Å². The number of carbonyl (C=O) groups excluding carboxylic acids is 1. The average molecular weight is 333 g/mol. The number of benzene rings is 2. The summed E-state index contributed by atoms with van der Waals surface area (Å²) in [7, 11) is 1.71. The molecule has 2 aromatic carbocycles.